The van der Waals surface area contributed by atoms with Crippen LogP contribution in [0.25, 0.3) is 0 Å². The largest absolute Gasteiger partial charge is 0.380 e. The maximum Gasteiger partial charge on any atom is 0.275 e. The lowest BCUT2D eigenvalue weighted by Crippen LogP contribution is -2.32. The monoisotopic (exact) mass is 316 g/mol. The van der Waals surface area contributed by atoms with Crippen molar-refractivity contribution in [3.63, 3.8) is 0 Å². The minimum atomic E-state index is -0.182. The van der Waals surface area contributed by atoms with Crippen LogP contribution in [0.3, 0.4) is 0 Å². The molecule has 2 aromatic heterocycles. The molecule has 4 rings (SSSR count). The smallest absolute Gasteiger partial charge is 0.275 e. The van der Waals surface area contributed by atoms with E-state index in [4.69, 9.17) is 4.74 Å². The summed E-state index contributed by atoms with van der Waals surface area (Å²) in [7, 11) is 1.67. The van der Waals surface area contributed by atoms with Crippen LogP contribution in [0.5, 0.6) is 0 Å². The van der Waals surface area contributed by atoms with Gasteiger partial charge in [-0.25, -0.2) is 4.98 Å². The van der Waals surface area contributed by atoms with Crippen molar-refractivity contribution in [3.05, 3.63) is 29.1 Å². The van der Waals surface area contributed by atoms with Gasteiger partial charge in [0.25, 0.3) is 5.91 Å². The molecule has 0 aromatic carbocycles. The van der Waals surface area contributed by atoms with Crippen LogP contribution >= 0.6 is 0 Å². The van der Waals surface area contributed by atoms with Crippen molar-refractivity contribution in [2.75, 3.05) is 13.7 Å². The molecule has 1 amide bonds. The van der Waals surface area contributed by atoms with Crippen molar-refractivity contribution in [2.24, 2.45) is 0 Å². The maximum atomic E-state index is 12.9. The fourth-order valence-electron chi connectivity index (χ4n) is 3.14. The SMILES string of the molecule is CO[C@H]1C[C@@H](c2n[nH]c(C)n2)N(C(=O)c2cc(C3CC3)[nH]n2)C1. The van der Waals surface area contributed by atoms with Crippen LogP contribution < -0.4 is 0 Å². The molecule has 2 atom stereocenters. The Balaban J connectivity index is 1.59. The number of aromatic amines is 2. The van der Waals surface area contributed by atoms with Gasteiger partial charge >= 0.3 is 0 Å². The third kappa shape index (κ3) is 2.63. The highest BCUT2D eigenvalue weighted by Crippen LogP contribution is 2.39. The highest BCUT2D eigenvalue weighted by Gasteiger charge is 2.40. The molecule has 0 bridgehead atoms. The first-order valence-corrected chi connectivity index (χ1v) is 7.93. The van der Waals surface area contributed by atoms with Crippen molar-refractivity contribution in [1.29, 1.82) is 0 Å². The van der Waals surface area contributed by atoms with Gasteiger partial charge in [-0.1, -0.05) is 0 Å². The Morgan fingerprint density at radius 2 is 2.17 bits per heavy atom. The summed E-state index contributed by atoms with van der Waals surface area (Å²) < 4.78 is 5.45. The van der Waals surface area contributed by atoms with E-state index >= 15 is 0 Å². The van der Waals surface area contributed by atoms with Crippen LogP contribution in [0.1, 0.15) is 59.1 Å². The number of methoxy groups -OCH3 is 1. The van der Waals surface area contributed by atoms with Gasteiger partial charge in [-0.05, 0) is 25.8 Å². The summed E-state index contributed by atoms with van der Waals surface area (Å²) in [5.74, 6) is 1.82. The molecule has 1 aliphatic heterocycles. The van der Waals surface area contributed by atoms with Gasteiger partial charge in [0.05, 0.1) is 12.1 Å². The lowest BCUT2D eigenvalue weighted by Gasteiger charge is -2.21. The first kappa shape index (κ1) is 14.4. The van der Waals surface area contributed by atoms with Crippen LogP contribution in [-0.4, -0.2) is 55.9 Å². The molecule has 0 radical (unpaired) electrons. The van der Waals surface area contributed by atoms with E-state index in [-0.39, 0.29) is 18.1 Å². The molecule has 3 heterocycles. The molecule has 2 N–H and O–H groups in total. The predicted octanol–water partition coefficient (Wildman–Crippen LogP) is 1.32. The number of nitrogens with one attached hydrogen (secondary N) is 2. The van der Waals surface area contributed by atoms with E-state index in [1.54, 1.807) is 12.0 Å². The molecule has 8 nitrogen and oxygen atoms in total. The summed E-state index contributed by atoms with van der Waals surface area (Å²) in [5.41, 5.74) is 1.52. The number of rotatable bonds is 4. The molecular formula is C15H20N6O2. The fraction of sp³-hybridized carbons (Fsp3) is 0.600. The van der Waals surface area contributed by atoms with E-state index in [2.05, 4.69) is 25.4 Å². The van der Waals surface area contributed by atoms with Gasteiger partial charge in [0, 0.05) is 31.7 Å². The Morgan fingerprint density at radius 1 is 1.35 bits per heavy atom. The summed E-state index contributed by atoms with van der Waals surface area (Å²) >= 11 is 0. The average Bonchev–Trinajstić information content (AvgIpc) is 2.99. The number of ether oxygens (including phenoxy) is 1. The molecule has 122 valence electrons. The van der Waals surface area contributed by atoms with E-state index in [1.165, 1.54) is 12.8 Å². The Hall–Kier alpha value is -2.22. The highest BCUT2D eigenvalue weighted by molar-refractivity contribution is 5.93. The van der Waals surface area contributed by atoms with Crippen molar-refractivity contribution in [1.82, 2.24) is 30.3 Å². The lowest BCUT2D eigenvalue weighted by atomic mass is 10.2. The molecule has 8 heteroatoms. The van der Waals surface area contributed by atoms with Crippen LogP contribution in [0, 0.1) is 6.92 Å². The third-order valence-corrected chi connectivity index (χ3v) is 4.60. The summed E-state index contributed by atoms with van der Waals surface area (Å²) in [6, 6.07) is 1.69. The minimum Gasteiger partial charge on any atom is -0.380 e. The van der Waals surface area contributed by atoms with Gasteiger partial charge in [0.2, 0.25) is 0 Å². The molecule has 1 aliphatic carbocycles. The van der Waals surface area contributed by atoms with Gasteiger partial charge in [-0.2, -0.15) is 10.2 Å². The molecule has 2 fully saturated rings. The van der Waals surface area contributed by atoms with E-state index < -0.39 is 0 Å². The summed E-state index contributed by atoms with van der Waals surface area (Å²) in [6.07, 6.45) is 3.03. The molecular weight excluding hydrogens is 296 g/mol. The average molecular weight is 316 g/mol. The first-order chi connectivity index (χ1) is 11.2. The van der Waals surface area contributed by atoms with Crippen LogP contribution in [0.15, 0.2) is 6.07 Å². The second-order valence-corrected chi connectivity index (χ2v) is 6.33. The van der Waals surface area contributed by atoms with Crippen LogP contribution in [-0.2, 0) is 4.74 Å². The van der Waals surface area contributed by atoms with Crippen LogP contribution in [0.2, 0.25) is 0 Å². The number of H-pyrrole nitrogens is 2. The number of aryl methyl sites for hydroxylation is 1. The van der Waals surface area contributed by atoms with Crippen molar-refractivity contribution in [2.45, 2.75) is 44.2 Å². The van der Waals surface area contributed by atoms with Crippen LogP contribution in [0.4, 0.5) is 0 Å². The maximum absolute atomic E-state index is 12.9. The highest BCUT2D eigenvalue weighted by atomic mass is 16.5. The number of amides is 1. The Bertz CT molecular complexity index is 719. The second kappa shape index (κ2) is 5.45. The first-order valence-electron chi connectivity index (χ1n) is 7.93. The van der Waals surface area contributed by atoms with Crippen molar-refractivity contribution < 1.29 is 9.53 Å². The standard InChI is InChI=1S/C15H20N6O2/c1-8-16-14(20-17-8)13-5-10(23-2)7-21(13)15(22)12-6-11(18-19-12)9-3-4-9/h6,9-10,13H,3-5,7H2,1-2H3,(H,18,19)(H,16,17,20)/t10-,13-/m0/s1. The number of hydrogen-bond donors (Lipinski definition) is 2. The van der Waals surface area contributed by atoms with Crippen molar-refractivity contribution in [3.8, 4) is 0 Å². The van der Waals surface area contributed by atoms with Crippen molar-refractivity contribution >= 4 is 5.91 Å². The van der Waals surface area contributed by atoms with E-state index in [0.29, 0.717) is 30.4 Å². The topological polar surface area (TPSA) is 99.8 Å². The van der Waals surface area contributed by atoms with Gasteiger partial charge in [-0.15, -0.1) is 0 Å². The fourth-order valence-corrected chi connectivity index (χ4v) is 3.14. The normalized spacial score (nSPS) is 24.3. The second-order valence-electron chi connectivity index (χ2n) is 6.33. The minimum absolute atomic E-state index is 0.00963. The lowest BCUT2D eigenvalue weighted by molar-refractivity contribution is 0.0678. The summed E-state index contributed by atoms with van der Waals surface area (Å²) in [6.45, 7) is 2.38. The van der Waals surface area contributed by atoms with Gasteiger partial charge in [0.1, 0.15) is 11.5 Å². The van der Waals surface area contributed by atoms with Gasteiger partial charge in [-0.3, -0.25) is 15.0 Å². The van der Waals surface area contributed by atoms with E-state index in [1.807, 2.05) is 13.0 Å². The quantitative estimate of drug-likeness (QED) is 0.886. The number of carbonyl (C=O) groups is 1. The number of carbonyl (C=O) groups excluding carboxylic acids is 1. The Labute approximate surface area is 133 Å². The molecule has 0 spiro atoms. The number of hydrogen-bond acceptors (Lipinski definition) is 5. The van der Waals surface area contributed by atoms with Gasteiger partial charge in [0.15, 0.2) is 5.82 Å². The Kier molecular flexibility index (Phi) is 3.41. The number of nitrogens with zero attached hydrogens (tertiary/aromatic N) is 4. The molecule has 0 unspecified atom stereocenters. The zero-order valence-corrected chi connectivity index (χ0v) is 13.2. The molecule has 2 aromatic rings. The zero-order valence-electron chi connectivity index (χ0n) is 13.2. The molecule has 23 heavy (non-hydrogen) atoms. The molecule has 1 saturated carbocycles. The summed E-state index contributed by atoms with van der Waals surface area (Å²) in [4.78, 5) is 19.0. The molecule has 2 aliphatic rings. The number of likely N-dealkylation sites (tertiary alicyclic amines) is 1. The Morgan fingerprint density at radius 3 is 2.83 bits per heavy atom. The molecule has 1 saturated heterocycles. The third-order valence-electron chi connectivity index (χ3n) is 4.60. The van der Waals surface area contributed by atoms with E-state index in [0.717, 1.165) is 11.5 Å². The summed E-state index contributed by atoms with van der Waals surface area (Å²) in [5, 5.41) is 14.3. The van der Waals surface area contributed by atoms with Gasteiger partial charge < -0.3 is 9.64 Å². The zero-order chi connectivity index (χ0) is 16.0. The number of aromatic nitrogens is 5. The van der Waals surface area contributed by atoms with E-state index in [9.17, 15) is 4.79 Å². The predicted molar refractivity (Wildman–Crippen MR) is 80.9 cm³/mol.